The van der Waals surface area contributed by atoms with Gasteiger partial charge in [0.05, 0.1) is 33.1 Å². The number of rotatable bonds is 10. The Morgan fingerprint density at radius 1 is 1.22 bits per heavy atom. The van der Waals surface area contributed by atoms with Gasteiger partial charge in [0.25, 0.3) is 11.5 Å². The van der Waals surface area contributed by atoms with E-state index in [0.29, 0.717) is 65.2 Å². The first-order valence-electron chi connectivity index (χ1n) is 12.3. The molecule has 11 heteroatoms. The number of ether oxygens (including phenoxy) is 1. The minimum Gasteiger partial charge on any atom is -0.382 e. The summed E-state index contributed by atoms with van der Waals surface area (Å²) < 4.78 is 7.51. The molecule has 4 aromatic heterocycles. The van der Waals surface area contributed by atoms with E-state index in [4.69, 9.17) is 9.72 Å². The molecule has 0 radical (unpaired) electrons. The second-order valence-electron chi connectivity index (χ2n) is 9.21. The number of hydrogen-bond donors (Lipinski definition) is 3. The van der Waals surface area contributed by atoms with Crippen LogP contribution in [0.1, 0.15) is 42.6 Å². The van der Waals surface area contributed by atoms with E-state index >= 15 is 0 Å². The van der Waals surface area contributed by atoms with Crippen LogP contribution in [0.25, 0.3) is 32.5 Å². The molecule has 0 spiro atoms. The Labute approximate surface area is 217 Å². The summed E-state index contributed by atoms with van der Waals surface area (Å²) in [7, 11) is 0. The van der Waals surface area contributed by atoms with Crippen LogP contribution in [0, 0.1) is 5.92 Å². The van der Waals surface area contributed by atoms with Crippen molar-refractivity contribution in [1.29, 1.82) is 0 Å². The number of thiophene rings is 1. The number of carbonyl (C=O) groups excluding carboxylic acids is 1. The van der Waals surface area contributed by atoms with Gasteiger partial charge in [0.2, 0.25) is 5.95 Å². The highest BCUT2D eigenvalue weighted by atomic mass is 32.1. The highest BCUT2D eigenvalue weighted by molar-refractivity contribution is 7.17. The fraction of sp³-hybridized carbons (Fsp3) is 0.346. The number of anilines is 1. The Bertz CT molecular complexity index is 1600. The van der Waals surface area contributed by atoms with Crippen molar-refractivity contribution in [2.75, 3.05) is 18.5 Å². The number of carbonyl (C=O) groups is 1. The molecule has 3 N–H and O–H groups in total. The number of aromatic amines is 2. The Morgan fingerprint density at radius 3 is 2.84 bits per heavy atom. The number of benzene rings is 1. The molecule has 0 saturated heterocycles. The largest absolute Gasteiger partial charge is 0.382 e. The van der Waals surface area contributed by atoms with Gasteiger partial charge in [-0.2, -0.15) is 5.10 Å². The van der Waals surface area contributed by atoms with Gasteiger partial charge in [-0.15, -0.1) is 11.3 Å². The van der Waals surface area contributed by atoms with E-state index in [9.17, 15) is 9.59 Å². The molecule has 0 aliphatic carbocycles. The Morgan fingerprint density at radius 2 is 2.08 bits per heavy atom. The number of aryl methyl sites for hydroxylation is 1. The third-order valence-electron chi connectivity index (χ3n) is 5.95. The van der Waals surface area contributed by atoms with Crippen molar-refractivity contribution in [2.24, 2.45) is 5.92 Å². The van der Waals surface area contributed by atoms with Crippen molar-refractivity contribution in [3.63, 3.8) is 0 Å². The molecule has 0 fully saturated rings. The van der Waals surface area contributed by atoms with Crippen LogP contribution in [-0.4, -0.2) is 48.8 Å². The maximum absolute atomic E-state index is 13.2. The van der Waals surface area contributed by atoms with Gasteiger partial charge in [-0.1, -0.05) is 13.8 Å². The lowest BCUT2D eigenvalue weighted by Gasteiger charge is -2.10. The van der Waals surface area contributed by atoms with Crippen LogP contribution >= 0.6 is 11.3 Å². The molecule has 192 valence electrons. The summed E-state index contributed by atoms with van der Waals surface area (Å²) in [5, 5.41) is 9.75. The molecular weight excluding hydrogens is 490 g/mol. The Hall–Kier alpha value is -3.83. The molecular formula is C26H29N7O3S. The standard InChI is InChI=1S/C26H29N7O3S/c1-4-36-9-5-8-33-21-12-18-17(30-24(34)20(29-18)10-15(2)3)11-19(21)31-26(33)32-25(35)23-7-6-22(37-23)16-13-27-28-14-16/h6-7,11-15H,4-5,8-10H2,1-3H3,(H,27,28)(H,30,34)(H,31,32,35). The number of nitrogens with one attached hydrogen (secondary N) is 3. The van der Waals surface area contributed by atoms with E-state index in [2.05, 4.69) is 39.3 Å². The first-order chi connectivity index (χ1) is 17.9. The molecule has 1 aromatic carbocycles. The average Bonchev–Trinajstić information content (AvgIpc) is 3.61. The maximum atomic E-state index is 13.2. The van der Waals surface area contributed by atoms with Crippen molar-refractivity contribution >= 4 is 45.3 Å². The predicted molar refractivity (Wildman–Crippen MR) is 145 cm³/mol. The van der Waals surface area contributed by atoms with Crippen molar-refractivity contribution in [3.8, 4) is 10.4 Å². The minimum atomic E-state index is -0.239. The summed E-state index contributed by atoms with van der Waals surface area (Å²) in [5.41, 5.74) is 4.06. The van der Waals surface area contributed by atoms with Crippen LogP contribution in [0.5, 0.6) is 0 Å². The molecule has 0 saturated carbocycles. The number of aromatic nitrogens is 6. The summed E-state index contributed by atoms with van der Waals surface area (Å²) in [4.78, 5) is 39.5. The Kier molecular flexibility index (Phi) is 7.15. The van der Waals surface area contributed by atoms with Crippen LogP contribution in [0.15, 0.2) is 41.5 Å². The van der Waals surface area contributed by atoms with Gasteiger partial charge < -0.3 is 14.3 Å². The number of H-pyrrole nitrogens is 2. The van der Waals surface area contributed by atoms with Crippen molar-refractivity contribution < 1.29 is 9.53 Å². The van der Waals surface area contributed by atoms with Gasteiger partial charge in [0, 0.05) is 36.4 Å². The molecule has 4 heterocycles. The molecule has 10 nitrogen and oxygen atoms in total. The van der Waals surface area contributed by atoms with E-state index in [-0.39, 0.29) is 11.5 Å². The molecule has 5 aromatic rings. The normalized spacial score (nSPS) is 11.7. The lowest BCUT2D eigenvalue weighted by molar-refractivity contribution is 0.102. The van der Waals surface area contributed by atoms with Crippen LogP contribution in [-0.2, 0) is 17.7 Å². The van der Waals surface area contributed by atoms with Gasteiger partial charge in [-0.05, 0) is 49.9 Å². The SMILES string of the molecule is CCOCCCn1c(NC(=O)c2ccc(-c3cn[nH]c3)s2)nc2cc3[nH]c(=O)c(CC(C)C)nc3cc21. The van der Waals surface area contributed by atoms with Gasteiger partial charge in [0.1, 0.15) is 5.69 Å². The number of fused-ring (bicyclic) bond motifs is 2. The Balaban J connectivity index is 1.51. The number of amides is 1. The number of nitrogens with zero attached hydrogens (tertiary/aromatic N) is 4. The third kappa shape index (κ3) is 5.32. The molecule has 0 aliphatic rings. The number of imidazole rings is 1. The number of hydrogen-bond acceptors (Lipinski definition) is 7. The van der Waals surface area contributed by atoms with Crippen molar-refractivity contribution in [1.82, 2.24) is 29.7 Å². The van der Waals surface area contributed by atoms with Gasteiger partial charge in [-0.3, -0.25) is 20.0 Å². The predicted octanol–water partition coefficient (Wildman–Crippen LogP) is 4.60. The van der Waals surface area contributed by atoms with Gasteiger partial charge >= 0.3 is 0 Å². The summed E-state index contributed by atoms with van der Waals surface area (Å²) in [6, 6.07) is 7.44. The fourth-order valence-corrected chi connectivity index (χ4v) is 5.11. The minimum absolute atomic E-state index is 0.184. The smallest absolute Gasteiger partial charge is 0.270 e. The zero-order valence-electron chi connectivity index (χ0n) is 21.0. The molecule has 5 rings (SSSR count). The second kappa shape index (κ2) is 10.7. The first kappa shape index (κ1) is 24.8. The molecule has 0 aliphatic heterocycles. The fourth-order valence-electron chi connectivity index (χ4n) is 4.22. The first-order valence-corrected chi connectivity index (χ1v) is 13.2. The summed E-state index contributed by atoms with van der Waals surface area (Å²) in [6.45, 7) is 7.92. The zero-order chi connectivity index (χ0) is 25.9. The van der Waals surface area contributed by atoms with Crippen molar-refractivity contribution in [2.45, 2.75) is 40.2 Å². The lowest BCUT2D eigenvalue weighted by Crippen LogP contribution is -2.17. The topological polar surface area (TPSA) is 131 Å². The monoisotopic (exact) mass is 519 g/mol. The lowest BCUT2D eigenvalue weighted by atomic mass is 10.1. The third-order valence-corrected chi connectivity index (χ3v) is 7.08. The van der Waals surface area contributed by atoms with Crippen LogP contribution in [0.4, 0.5) is 5.95 Å². The van der Waals surface area contributed by atoms with Gasteiger partial charge in [-0.25, -0.2) is 9.97 Å². The molecule has 37 heavy (non-hydrogen) atoms. The van der Waals surface area contributed by atoms with Gasteiger partial charge in [0.15, 0.2) is 0 Å². The van der Waals surface area contributed by atoms with Crippen LogP contribution in [0.2, 0.25) is 0 Å². The van der Waals surface area contributed by atoms with E-state index in [1.165, 1.54) is 11.3 Å². The highest BCUT2D eigenvalue weighted by Crippen LogP contribution is 2.29. The summed E-state index contributed by atoms with van der Waals surface area (Å²) in [6.07, 6.45) is 4.86. The van der Waals surface area contributed by atoms with E-state index < -0.39 is 0 Å². The van der Waals surface area contributed by atoms with E-state index in [0.717, 1.165) is 22.4 Å². The quantitative estimate of drug-likeness (QED) is 0.231. The van der Waals surface area contributed by atoms with E-state index in [1.807, 2.05) is 29.7 Å². The van der Waals surface area contributed by atoms with Crippen LogP contribution < -0.4 is 10.9 Å². The molecule has 0 atom stereocenters. The second-order valence-corrected chi connectivity index (χ2v) is 10.3. The van der Waals surface area contributed by atoms with E-state index in [1.54, 1.807) is 18.5 Å². The maximum Gasteiger partial charge on any atom is 0.270 e. The molecule has 1 amide bonds. The molecule has 0 bridgehead atoms. The summed E-state index contributed by atoms with van der Waals surface area (Å²) in [5.74, 6) is 0.512. The zero-order valence-corrected chi connectivity index (χ0v) is 21.8. The van der Waals surface area contributed by atoms with Crippen molar-refractivity contribution in [3.05, 3.63) is 57.6 Å². The highest BCUT2D eigenvalue weighted by Gasteiger charge is 2.18. The molecule has 0 unspecified atom stereocenters. The average molecular weight is 520 g/mol. The summed E-state index contributed by atoms with van der Waals surface area (Å²) >= 11 is 1.39. The van der Waals surface area contributed by atoms with Crippen LogP contribution in [0.3, 0.4) is 0 Å².